The van der Waals surface area contributed by atoms with Crippen LogP contribution in [0.3, 0.4) is 0 Å². The average molecular weight is 506 g/mol. The molecular weight excluding hydrogens is 480 g/mol. The van der Waals surface area contributed by atoms with Gasteiger partial charge in [-0.2, -0.15) is 13.9 Å². The zero-order chi connectivity index (χ0) is 26.3. The van der Waals surface area contributed by atoms with E-state index in [1.165, 1.54) is 4.57 Å². The van der Waals surface area contributed by atoms with Gasteiger partial charge in [0.1, 0.15) is 0 Å². The van der Waals surface area contributed by atoms with Crippen LogP contribution < -0.4 is 15.8 Å². The first-order chi connectivity index (χ1) is 17.6. The van der Waals surface area contributed by atoms with Crippen molar-refractivity contribution in [1.82, 2.24) is 19.7 Å². The summed E-state index contributed by atoms with van der Waals surface area (Å²) in [5.74, 6) is -5.26. The lowest BCUT2D eigenvalue weighted by molar-refractivity contribution is -0.143. The van der Waals surface area contributed by atoms with Crippen molar-refractivity contribution in [2.75, 3.05) is 4.90 Å². The Morgan fingerprint density at radius 1 is 1.11 bits per heavy atom. The number of pyridine rings is 1. The summed E-state index contributed by atoms with van der Waals surface area (Å²) in [4.78, 5) is 38.8. The maximum absolute atomic E-state index is 13.7. The summed E-state index contributed by atoms with van der Waals surface area (Å²) in [5, 5.41) is 7.60. The predicted molar refractivity (Wildman–Crippen MR) is 134 cm³/mol. The van der Waals surface area contributed by atoms with Crippen LogP contribution in [0.15, 0.2) is 77.9 Å². The number of nitrogens with one attached hydrogen (secondary N) is 1. The Balaban J connectivity index is 1.49. The van der Waals surface area contributed by atoms with Gasteiger partial charge in [-0.15, -0.1) is 0 Å². The number of carbonyl (C=O) groups is 2. The molecule has 1 unspecified atom stereocenters. The second-order valence-corrected chi connectivity index (χ2v) is 9.32. The van der Waals surface area contributed by atoms with Gasteiger partial charge in [0.25, 0.3) is 11.5 Å². The van der Waals surface area contributed by atoms with E-state index >= 15 is 0 Å². The van der Waals surface area contributed by atoms with Crippen molar-refractivity contribution in [2.45, 2.75) is 37.9 Å². The van der Waals surface area contributed by atoms with E-state index in [9.17, 15) is 23.2 Å². The summed E-state index contributed by atoms with van der Waals surface area (Å²) in [6.07, 6.45) is 3.27. The van der Waals surface area contributed by atoms with E-state index in [1.54, 1.807) is 65.4 Å². The first-order valence-electron chi connectivity index (χ1n) is 11.8. The first-order valence-corrected chi connectivity index (χ1v) is 11.8. The van der Waals surface area contributed by atoms with Crippen molar-refractivity contribution in [3.8, 4) is 0 Å². The zero-order valence-electron chi connectivity index (χ0n) is 20.3. The number of halogens is 2. The van der Waals surface area contributed by atoms with Gasteiger partial charge in [-0.3, -0.25) is 19.1 Å². The summed E-state index contributed by atoms with van der Waals surface area (Å²) < 4.78 is 30.6. The highest BCUT2D eigenvalue weighted by molar-refractivity contribution is 6.00. The Morgan fingerprint density at radius 3 is 2.57 bits per heavy atom. The van der Waals surface area contributed by atoms with Crippen LogP contribution in [0.25, 0.3) is 10.9 Å². The summed E-state index contributed by atoms with van der Waals surface area (Å²) >= 11 is 0. The van der Waals surface area contributed by atoms with Crippen LogP contribution in [0.4, 0.5) is 14.5 Å². The maximum Gasteiger partial charge on any atom is 0.321 e. The molecule has 10 heteroatoms. The van der Waals surface area contributed by atoms with Gasteiger partial charge < -0.3 is 14.8 Å². The number of aromatic nitrogens is 3. The minimum absolute atomic E-state index is 0.109. The van der Waals surface area contributed by atoms with Gasteiger partial charge in [0, 0.05) is 43.7 Å². The second-order valence-electron chi connectivity index (χ2n) is 9.32. The van der Waals surface area contributed by atoms with Crippen LogP contribution in [0.2, 0.25) is 0 Å². The number of hydrogen-bond donors (Lipinski definition) is 1. The van der Waals surface area contributed by atoms with Gasteiger partial charge in [-0.05, 0) is 35.4 Å². The number of hydrogen-bond acceptors (Lipinski definition) is 4. The van der Waals surface area contributed by atoms with Crippen LogP contribution in [0, 0.1) is 0 Å². The largest absolute Gasteiger partial charge is 0.345 e. The summed E-state index contributed by atoms with van der Waals surface area (Å²) in [6.45, 7) is 0.931. The molecule has 5 rings (SSSR count). The number of fused-ring (bicyclic) bond motifs is 1. The molecule has 0 saturated carbocycles. The molecule has 2 atom stereocenters. The van der Waals surface area contributed by atoms with Crippen molar-refractivity contribution in [1.29, 1.82) is 0 Å². The molecule has 190 valence electrons. The second kappa shape index (κ2) is 9.27. The number of anilines is 1. The van der Waals surface area contributed by atoms with Gasteiger partial charge in [0.05, 0.1) is 30.3 Å². The third-order valence-electron chi connectivity index (χ3n) is 6.58. The molecule has 0 bridgehead atoms. The quantitative estimate of drug-likeness (QED) is 0.435. The molecule has 0 aliphatic carbocycles. The highest BCUT2D eigenvalue weighted by atomic mass is 19.3. The van der Waals surface area contributed by atoms with Crippen molar-refractivity contribution in [3.63, 3.8) is 0 Å². The van der Waals surface area contributed by atoms with Crippen molar-refractivity contribution >= 4 is 28.4 Å². The lowest BCUT2D eigenvalue weighted by Crippen LogP contribution is -2.46. The van der Waals surface area contributed by atoms with Crippen LogP contribution in [-0.4, -0.2) is 38.1 Å². The Kier molecular flexibility index (Phi) is 6.10. The lowest BCUT2D eigenvalue weighted by atomic mass is 9.99. The molecule has 1 aliphatic rings. The number of benzene rings is 2. The van der Waals surface area contributed by atoms with Gasteiger partial charge >= 0.3 is 5.92 Å². The Labute approximate surface area is 211 Å². The molecule has 1 N–H and O–H groups in total. The fourth-order valence-corrected chi connectivity index (χ4v) is 4.71. The van der Waals surface area contributed by atoms with E-state index < -0.39 is 23.9 Å². The van der Waals surface area contributed by atoms with E-state index in [0.29, 0.717) is 19.2 Å². The summed E-state index contributed by atoms with van der Waals surface area (Å²) in [7, 11) is 1.68. The summed E-state index contributed by atoms with van der Waals surface area (Å²) in [5.41, 5.74) is 2.79. The molecule has 2 amide bonds. The van der Waals surface area contributed by atoms with E-state index in [4.69, 9.17) is 0 Å². The van der Waals surface area contributed by atoms with Gasteiger partial charge in [-0.1, -0.05) is 30.3 Å². The topological polar surface area (TPSA) is 89.2 Å². The van der Waals surface area contributed by atoms with E-state index in [0.717, 1.165) is 22.0 Å². The van der Waals surface area contributed by atoms with Crippen LogP contribution in [-0.2, 0) is 23.2 Å². The van der Waals surface area contributed by atoms with Gasteiger partial charge in [0.2, 0.25) is 5.91 Å². The molecule has 1 fully saturated rings. The van der Waals surface area contributed by atoms with E-state index in [-0.39, 0.29) is 17.9 Å². The Hall–Kier alpha value is -4.34. The van der Waals surface area contributed by atoms with Gasteiger partial charge in [0.15, 0.2) is 0 Å². The molecule has 0 spiro atoms. The number of alkyl halides is 2. The van der Waals surface area contributed by atoms with E-state index in [1.807, 2.05) is 24.3 Å². The number of carbonyl (C=O) groups excluding carboxylic acids is 2. The summed E-state index contributed by atoms with van der Waals surface area (Å²) in [6, 6.07) is 16.4. The first kappa shape index (κ1) is 24.4. The molecule has 1 aliphatic heterocycles. The van der Waals surface area contributed by atoms with Crippen LogP contribution in [0.5, 0.6) is 0 Å². The van der Waals surface area contributed by atoms with Gasteiger partial charge in [-0.25, -0.2) is 0 Å². The molecule has 0 radical (unpaired) electrons. The highest BCUT2D eigenvalue weighted by Gasteiger charge is 2.45. The number of nitrogens with zero attached hydrogens (tertiary/aromatic N) is 4. The lowest BCUT2D eigenvalue weighted by Gasteiger charge is -2.29. The van der Waals surface area contributed by atoms with Crippen molar-refractivity contribution in [2.24, 2.45) is 7.05 Å². The molecule has 4 aromatic rings. The number of rotatable bonds is 6. The third kappa shape index (κ3) is 4.74. The molecule has 37 heavy (non-hydrogen) atoms. The molecule has 8 nitrogen and oxygen atoms in total. The average Bonchev–Trinajstić information content (AvgIpc) is 3.41. The SMILES string of the molecule is Cn1ccc(Cn2ncc3cc(N4C(=O)CC(NC(=O)C(C)(F)F)[C@H]4c4ccccc4)ccc32)cc1=O. The monoisotopic (exact) mass is 505 g/mol. The Morgan fingerprint density at radius 2 is 1.86 bits per heavy atom. The van der Waals surface area contributed by atoms with E-state index in [2.05, 4.69) is 10.4 Å². The zero-order valence-corrected chi connectivity index (χ0v) is 20.3. The molecular formula is C27H25F2N5O3. The van der Waals surface area contributed by atoms with Crippen molar-refractivity contribution in [3.05, 3.63) is 94.5 Å². The third-order valence-corrected chi connectivity index (χ3v) is 6.58. The molecule has 3 heterocycles. The van der Waals surface area contributed by atoms with Crippen LogP contribution in [0.1, 0.15) is 30.5 Å². The fourth-order valence-electron chi connectivity index (χ4n) is 4.71. The number of amides is 2. The highest BCUT2D eigenvalue weighted by Crippen LogP contribution is 2.38. The number of aryl methyl sites for hydroxylation is 1. The smallest absolute Gasteiger partial charge is 0.321 e. The fraction of sp³-hybridized carbons (Fsp3) is 0.259. The normalized spacial score (nSPS) is 17.9. The predicted octanol–water partition coefficient (Wildman–Crippen LogP) is 3.40. The minimum Gasteiger partial charge on any atom is -0.345 e. The standard InChI is InChI=1S/C27H25F2N5O3/c1-27(28,29)26(37)31-21-14-24(36)34(25(21)18-6-4-3-5-7-18)20-8-9-22-19(13-20)15-30-33(22)16-17-10-11-32(2)23(35)12-17/h3-13,15,21,25H,14,16H2,1-2H3,(H,31,37)/t21?,25-/m1/s1. The Bertz CT molecular complexity index is 1540. The molecule has 1 saturated heterocycles. The van der Waals surface area contributed by atoms with Crippen molar-refractivity contribution < 1.29 is 18.4 Å². The molecule has 2 aromatic carbocycles. The minimum atomic E-state index is -3.56. The van der Waals surface area contributed by atoms with Crippen LogP contribution >= 0.6 is 0 Å². The molecule has 2 aromatic heterocycles. The maximum atomic E-state index is 13.7.